The number of hydrogen-bond donors (Lipinski definition) is 2. The van der Waals surface area contributed by atoms with E-state index in [0.29, 0.717) is 6.61 Å². The molecular weight excluding hydrogens is 282 g/mol. The van der Waals surface area contributed by atoms with Crippen LogP contribution in [0.25, 0.3) is 0 Å². The van der Waals surface area contributed by atoms with E-state index < -0.39 is 5.91 Å². The molecule has 0 heterocycles. The summed E-state index contributed by atoms with van der Waals surface area (Å²) in [6.45, 7) is 7.68. The summed E-state index contributed by atoms with van der Waals surface area (Å²) in [5.41, 5.74) is 3.11. The smallest absolute Gasteiger partial charge is 0.249 e. The third kappa shape index (κ3) is 7.23. The third-order valence-electron chi connectivity index (χ3n) is 2.42. The van der Waals surface area contributed by atoms with Gasteiger partial charge in [-0.15, -0.1) is 0 Å². The summed E-state index contributed by atoms with van der Waals surface area (Å²) in [6, 6.07) is 7.20. The van der Waals surface area contributed by atoms with Crippen molar-refractivity contribution in [1.82, 2.24) is 10.7 Å². The molecule has 0 radical (unpaired) electrons. The molecule has 0 bridgehead atoms. The van der Waals surface area contributed by atoms with Gasteiger partial charge in [0.15, 0.2) is 0 Å². The Labute approximate surface area is 130 Å². The van der Waals surface area contributed by atoms with Gasteiger partial charge in [0.05, 0.1) is 6.21 Å². The van der Waals surface area contributed by atoms with Crippen molar-refractivity contribution in [3.63, 3.8) is 0 Å². The minimum atomic E-state index is -0.458. The van der Waals surface area contributed by atoms with Crippen LogP contribution in [-0.2, 0) is 9.59 Å². The lowest BCUT2D eigenvalue weighted by molar-refractivity contribution is -0.129. The van der Waals surface area contributed by atoms with Crippen LogP contribution in [0.1, 0.15) is 25.8 Å². The predicted molar refractivity (Wildman–Crippen MR) is 85.8 cm³/mol. The van der Waals surface area contributed by atoms with Gasteiger partial charge in [-0.2, -0.15) is 5.10 Å². The Kier molecular flexibility index (Phi) is 7.39. The molecule has 2 amide bonds. The van der Waals surface area contributed by atoms with Crippen molar-refractivity contribution in [3.05, 3.63) is 42.5 Å². The zero-order valence-corrected chi connectivity index (χ0v) is 12.8. The lowest BCUT2D eigenvalue weighted by Crippen LogP contribution is -2.34. The molecule has 1 aromatic carbocycles. The second kappa shape index (κ2) is 9.33. The van der Waals surface area contributed by atoms with Crippen LogP contribution in [0.2, 0.25) is 0 Å². The normalized spacial score (nSPS) is 10.5. The van der Waals surface area contributed by atoms with Gasteiger partial charge in [0, 0.05) is 6.04 Å². The molecule has 0 fully saturated rings. The second-order valence-corrected chi connectivity index (χ2v) is 4.86. The molecule has 0 aliphatic heterocycles. The summed E-state index contributed by atoms with van der Waals surface area (Å²) in [5, 5.41) is 6.44. The zero-order valence-electron chi connectivity index (χ0n) is 12.8. The summed E-state index contributed by atoms with van der Waals surface area (Å²) in [5.74, 6) is -0.0572. The van der Waals surface area contributed by atoms with Crippen molar-refractivity contribution in [3.8, 4) is 5.75 Å². The van der Waals surface area contributed by atoms with Crippen molar-refractivity contribution in [2.45, 2.75) is 26.3 Å². The number of carbonyl (C=O) groups excluding carboxylic acids is 2. The zero-order chi connectivity index (χ0) is 16.4. The largest absolute Gasteiger partial charge is 0.490 e. The topological polar surface area (TPSA) is 79.8 Å². The van der Waals surface area contributed by atoms with Crippen molar-refractivity contribution in [2.75, 3.05) is 6.61 Å². The Bertz CT molecular complexity index is 536. The molecule has 2 N–H and O–H groups in total. The summed E-state index contributed by atoms with van der Waals surface area (Å²) < 4.78 is 5.35. The molecule has 0 aliphatic rings. The van der Waals surface area contributed by atoms with Crippen LogP contribution in [-0.4, -0.2) is 30.7 Å². The van der Waals surface area contributed by atoms with Gasteiger partial charge in [0.2, 0.25) is 11.8 Å². The van der Waals surface area contributed by atoms with Gasteiger partial charge in [-0.1, -0.05) is 12.7 Å². The van der Waals surface area contributed by atoms with Crippen LogP contribution in [0, 0.1) is 0 Å². The Morgan fingerprint density at radius 2 is 1.95 bits per heavy atom. The predicted octanol–water partition coefficient (Wildman–Crippen LogP) is 1.62. The monoisotopic (exact) mass is 303 g/mol. The lowest BCUT2D eigenvalue weighted by atomic mass is 10.2. The Hall–Kier alpha value is -2.63. The standard InChI is InChI=1S/C16H21N3O3/c1-4-9-22-14-7-5-13(6-8-14)11-17-19-16(21)10-15(20)18-12(2)3/h4-8,11-12H,1,9-10H2,2-3H3,(H,18,20)(H,19,21)/b17-11-. The average molecular weight is 303 g/mol. The summed E-state index contributed by atoms with van der Waals surface area (Å²) in [6.07, 6.45) is 2.92. The highest BCUT2D eigenvalue weighted by molar-refractivity contribution is 5.97. The first kappa shape index (κ1) is 17.4. The van der Waals surface area contributed by atoms with Crippen molar-refractivity contribution < 1.29 is 14.3 Å². The molecule has 0 saturated heterocycles. The molecule has 0 aromatic heterocycles. The van der Waals surface area contributed by atoms with E-state index in [2.05, 4.69) is 22.4 Å². The van der Waals surface area contributed by atoms with Gasteiger partial charge in [0.25, 0.3) is 0 Å². The number of carbonyl (C=O) groups is 2. The van der Waals surface area contributed by atoms with Crippen molar-refractivity contribution in [1.29, 1.82) is 0 Å². The fraction of sp³-hybridized carbons (Fsp3) is 0.312. The van der Waals surface area contributed by atoms with E-state index in [1.54, 1.807) is 30.3 Å². The lowest BCUT2D eigenvalue weighted by Gasteiger charge is -2.06. The van der Waals surface area contributed by atoms with Gasteiger partial charge in [-0.25, -0.2) is 5.43 Å². The number of nitrogens with zero attached hydrogens (tertiary/aromatic N) is 1. The second-order valence-electron chi connectivity index (χ2n) is 4.86. The average Bonchev–Trinajstić information content (AvgIpc) is 2.45. The summed E-state index contributed by atoms with van der Waals surface area (Å²) >= 11 is 0. The molecule has 0 saturated carbocycles. The maximum absolute atomic E-state index is 11.5. The Morgan fingerprint density at radius 3 is 2.55 bits per heavy atom. The quantitative estimate of drug-likeness (QED) is 0.331. The molecular formula is C16H21N3O3. The van der Waals surface area contributed by atoms with E-state index in [1.807, 2.05) is 13.8 Å². The van der Waals surface area contributed by atoms with Gasteiger partial charge < -0.3 is 10.1 Å². The fourth-order valence-corrected chi connectivity index (χ4v) is 1.54. The van der Waals surface area contributed by atoms with E-state index in [9.17, 15) is 9.59 Å². The molecule has 0 spiro atoms. The highest BCUT2D eigenvalue weighted by Gasteiger charge is 2.08. The number of nitrogens with one attached hydrogen (secondary N) is 2. The van der Waals surface area contributed by atoms with Crippen LogP contribution in [0.4, 0.5) is 0 Å². The van der Waals surface area contributed by atoms with Gasteiger partial charge >= 0.3 is 0 Å². The van der Waals surface area contributed by atoms with E-state index in [-0.39, 0.29) is 18.4 Å². The molecule has 0 aliphatic carbocycles. The molecule has 0 atom stereocenters. The number of hydrogen-bond acceptors (Lipinski definition) is 4. The third-order valence-corrected chi connectivity index (χ3v) is 2.42. The molecule has 6 nitrogen and oxygen atoms in total. The molecule has 0 unspecified atom stereocenters. The minimum Gasteiger partial charge on any atom is -0.490 e. The molecule has 6 heteroatoms. The highest BCUT2D eigenvalue weighted by atomic mass is 16.5. The summed E-state index contributed by atoms with van der Waals surface area (Å²) in [4.78, 5) is 22.9. The van der Waals surface area contributed by atoms with Crippen molar-refractivity contribution >= 4 is 18.0 Å². The molecule has 1 aromatic rings. The van der Waals surface area contributed by atoms with Crippen molar-refractivity contribution in [2.24, 2.45) is 5.10 Å². The Balaban J connectivity index is 2.40. The van der Waals surface area contributed by atoms with E-state index in [1.165, 1.54) is 6.21 Å². The van der Waals surface area contributed by atoms with Crippen LogP contribution < -0.4 is 15.5 Å². The van der Waals surface area contributed by atoms with Gasteiger partial charge in [-0.3, -0.25) is 9.59 Å². The minimum absolute atomic E-state index is 0.00521. The van der Waals surface area contributed by atoms with Crippen LogP contribution >= 0.6 is 0 Å². The molecule has 22 heavy (non-hydrogen) atoms. The first-order chi connectivity index (χ1) is 10.5. The first-order valence-electron chi connectivity index (χ1n) is 6.96. The fourth-order valence-electron chi connectivity index (χ4n) is 1.54. The van der Waals surface area contributed by atoms with Crippen LogP contribution in [0.15, 0.2) is 42.0 Å². The van der Waals surface area contributed by atoms with E-state index in [0.717, 1.165) is 11.3 Å². The maximum Gasteiger partial charge on any atom is 0.249 e. The highest BCUT2D eigenvalue weighted by Crippen LogP contribution is 2.10. The molecule has 1 rings (SSSR count). The number of hydrazone groups is 1. The first-order valence-corrected chi connectivity index (χ1v) is 6.96. The number of benzene rings is 1. The Morgan fingerprint density at radius 1 is 1.27 bits per heavy atom. The van der Waals surface area contributed by atoms with E-state index >= 15 is 0 Å². The molecule has 118 valence electrons. The van der Waals surface area contributed by atoms with Crippen LogP contribution in [0.5, 0.6) is 5.75 Å². The number of ether oxygens (including phenoxy) is 1. The van der Waals surface area contributed by atoms with Gasteiger partial charge in [-0.05, 0) is 43.7 Å². The number of rotatable bonds is 8. The summed E-state index contributed by atoms with van der Waals surface area (Å²) in [7, 11) is 0. The van der Waals surface area contributed by atoms with Gasteiger partial charge in [0.1, 0.15) is 18.8 Å². The van der Waals surface area contributed by atoms with Crippen LogP contribution in [0.3, 0.4) is 0 Å². The maximum atomic E-state index is 11.5. The number of amides is 2. The SMILES string of the molecule is C=CCOc1ccc(/C=N\NC(=O)CC(=O)NC(C)C)cc1. The van der Waals surface area contributed by atoms with E-state index in [4.69, 9.17) is 4.74 Å².